The first kappa shape index (κ1) is 13.8. The van der Waals surface area contributed by atoms with Crippen LogP contribution in [0.3, 0.4) is 0 Å². The molecule has 2 aromatic rings. The van der Waals surface area contributed by atoms with Gasteiger partial charge in [-0.1, -0.05) is 0 Å². The van der Waals surface area contributed by atoms with Crippen LogP contribution in [0.15, 0.2) is 30.5 Å². The number of hydrogen-bond acceptors (Lipinski definition) is 4. The molecule has 1 unspecified atom stereocenters. The van der Waals surface area contributed by atoms with E-state index in [1.54, 1.807) is 31.4 Å². The zero-order valence-corrected chi connectivity index (χ0v) is 11.1. The van der Waals surface area contributed by atoms with Gasteiger partial charge in [-0.2, -0.15) is 0 Å². The van der Waals surface area contributed by atoms with Crippen molar-refractivity contribution in [2.45, 2.75) is 13.0 Å². The predicted octanol–water partition coefficient (Wildman–Crippen LogP) is 1.45. The van der Waals surface area contributed by atoms with Crippen molar-refractivity contribution in [1.29, 1.82) is 0 Å². The average molecular weight is 274 g/mol. The molecule has 2 rings (SSSR count). The van der Waals surface area contributed by atoms with Crippen LogP contribution in [0.4, 0.5) is 0 Å². The van der Waals surface area contributed by atoms with Crippen molar-refractivity contribution in [3.05, 3.63) is 36.0 Å². The summed E-state index contributed by atoms with van der Waals surface area (Å²) < 4.78 is 5.11. The Bertz CT molecular complexity index is 669. The van der Waals surface area contributed by atoms with Crippen LogP contribution in [-0.4, -0.2) is 35.1 Å². The first-order chi connectivity index (χ1) is 9.51. The quantitative estimate of drug-likeness (QED) is 0.880. The molecular weight excluding hydrogens is 260 g/mol. The highest BCUT2D eigenvalue weighted by atomic mass is 16.5. The minimum atomic E-state index is -1.09. The second-order valence-electron chi connectivity index (χ2n) is 4.32. The monoisotopic (exact) mass is 274 g/mol. The lowest BCUT2D eigenvalue weighted by molar-refractivity contribution is -0.138. The highest BCUT2D eigenvalue weighted by molar-refractivity contribution is 5.99. The summed E-state index contributed by atoms with van der Waals surface area (Å²) in [6.45, 7) is 1.40. The van der Waals surface area contributed by atoms with Crippen LogP contribution in [0, 0.1) is 0 Å². The highest BCUT2D eigenvalue weighted by Crippen LogP contribution is 2.20. The number of rotatable bonds is 4. The summed E-state index contributed by atoms with van der Waals surface area (Å²) in [7, 11) is 1.56. The van der Waals surface area contributed by atoms with Gasteiger partial charge in [0.15, 0.2) is 0 Å². The van der Waals surface area contributed by atoms with Gasteiger partial charge < -0.3 is 15.2 Å². The maximum absolute atomic E-state index is 11.9. The van der Waals surface area contributed by atoms with Crippen LogP contribution >= 0.6 is 0 Å². The number of hydrogen-bond donors (Lipinski definition) is 2. The molecule has 0 aliphatic heterocycles. The van der Waals surface area contributed by atoms with Gasteiger partial charge in [-0.05, 0) is 31.2 Å². The van der Waals surface area contributed by atoms with Gasteiger partial charge in [-0.25, -0.2) is 0 Å². The summed E-state index contributed by atoms with van der Waals surface area (Å²) in [6, 6.07) is 6.02. The maximum atomic E-state index is 11.9. The zero-order chi connectivity index (χ0) is 14.7. The lowest BCUT2D eigenvalue weighted by Crippen LogP contribution is -2.38. The Kier molecular flexibility index (Phi) is 3.84. The molecule has 0 aliphatic carbocycles. The molecule has 2 N–H and O–H groups in total. The number of pyridine rings is 1. The third-order valence-corrected chi connectivity index (χ3v) is 2.87. The molecule has 6 nitrogen and oxygen atoms in total. The number of methoxy groups -OCH3 is 1. The van der Waals surface area contributed by atoms with E-state index in [1.807, 2.05) is 0 Å². The van der Waals surface area contributed by atoms with Gasteiger partial charge in [0.1, 0.15) is 11.8 Å². The maximum Gasteiger partial charge on any atom is 0.325 e. The summed E-state index contributed by atoms with van der Waals surface area (Å²) in [5, 5.41) is 11.9. The van der Waals surface area contributed by atoms with Crippen molar-refractivity contribution in [3.63, 3.8) is 0 Å². The topological polar surface area (TPSA) is 88.5 Å². The Morgan fingerprint density at radius 3 is 2.75 bits per heavy atom. The normalized spacial score (nSPS) is 11.9. The highest BCUT2D eigenvalue weighted by Gasteiger charge is 2.15. The minimum absolute atomic E-state index is 0.304. The number of carbonyl (C=O) groups excluding carboxylic acids is 1. The van der Waals surface area contributed by atoms with Gasteiger partial charge in [0.05, 0.1) is 18.2 Å². The summed E-state index contributed by atoms with van der Waals surface area (Å²) in [4.78, 5) is 26.8. The lowest BCUT2D eigenvalue weighted by Gasteiger charge is -2.09. The molecule has 1 atom stereocenters. The van der Waals surface area contributed by atoms with E-state index in [-0.39, 0.29) is 0 Å². The Morgan fingerprint density at radius 1 is 1.35 bits per heavy atom. The van der Waals surface area contributed by atoms with Crippen LogP contribution in [0.1, 0.15) is 17.3 Å². The molecule has 1 heterocycles. The number of carboxylic acids is 1. The molecule has 0 saturated heterocycles. The van der Waals surface area contributed by atoms with E-state index >= 15 is 0 Å². The van der Waals surface area contributed by atoms with Gasteiger partial charge in [0.25, 0.3) is 5.91 Å². The standard InChI is InChI=1S/C14H14N2O4/c1-8(14(18)19)16-13(17)10-5-9-6-11(20-2)3-4-12(9)15-7-10/h3-8H,1-2H3,(H,16,17)(H,18,19). The third kappa shape index (κ3) is 2.85. The molecule has 0 aliphatic rings. The number of fused-ring (bicyclic) bond motifs is 1. The summed E-state index contributed by atoms with van der Waals surface area (Å²) >= 11 is 0. The van der Waals surface area contributed by atoms with Crippen LogP contribution in [0.25, 0.3) is 10.9 Å². The molecule has 6 heteroatoms. The van der Waals surface area contributed by atoms with Gasteiger partial charge in [0.2, 0.25) is 0 Å². The zero-order valence-electron chi connectivity index (χ0n) is 11.1. The van der Waals surface area contributed by atoms with Crippen LogP contribution in [0.2, 0.25) is 0 Å². The number of aliphatic carboxylic acids is 1. The number of nitrogens with zero attached hydrogens (tertiary/aromatic N) is 1. The SMILES string of the molecule is COc1ccc2ncc(C(=O)NC(C)C(=O)O)cc2c1. The van der Waals surface area contributed by atoms with Crippen molar-refractivity contribution in [2.75, 3.05) is 7.11 Å². The number of nitrogens with one attached hydrogen (secondary N) is 1. The molecule has 0 fully saturated rings. The molecule has 1 aromatic carbocycles. The average Bonchev–Trinajstić information content (AvgIpc) is 2.45. The molecule has 0 bridgehead atoms. The Balaban J connectivity index is 2.30. The largest absolute Gasteiger partial charge is 0.497 e. The number of benzene rings is 1. The van der Waals surface area contributed by atoms with Crippen LogP contribution in [0.5, 0.6) is 5.75 Å². The van der Waals surface area contributed by atoms with Crippen molar-refractivity contribution >= 4 is 22.8 Å². The van der Waals surface area contributed by atoms with E-state index < -0.39 is 17.9 Å². The first-order valence-electron chi connectivity index (χ1n) is 5.98. The first-order valence-corrected chi connectivity index (χ1v) is 5.98. The predicted molar refractivity (Wildman–Crippen MR) is 72.9 cm³/mol. The fourth-order valence-corrected chi connectivity index (χ4v) is 1.70. The van der Waals surface area contributed by atoms with Crippen LogP contribution < -0.4 is 10.1 Å². The van der Waals surface area contributed by atoms with Gasteiger partial charge in [0, 0.05) is 11.6 Å². The number of ether oxygens (including phenoxy) is 1. The summed E-state index contributed by atoms with van der Waals surface area (Å²) in [5.74, 6) is -0.901. The second-order valence-corrected chi connectivity index (χ2v) is 4.32. The number of amides is 1. The van der Waals surface area contributed by atoms with E-state index in [2.05, 4.69) is 10.3 Å². The second kappa shape index (κ2) is 5.56. The van der Waals surface area contributed by atoms with E-state index in [4.69, 9.17) is 9.84 Å². The molecule has 0 spiro atoms. The molecule has 1 aromatic heterocycles. The Hall–Kier alpha value is -2.63. The Labute approximate surface area is 115 Å². The minimum Gasteiger partial charge on any atom is -0.497 e. The van der Waals surface area contributed by atoms with Crippen molar-refractivity contribution in [3.8, 4) is 5.75 Å². The van der Waals surface area contributed by atoms with E-state index in [0.717, 1.165) is 10.9 Å². The molecule has 1 amide bonds. The Morgan fingerprint density at radius 2 is 2.10 bits per heavy atom. The smallest absolute Gasteiger partial charge is 0.325 e. The van der Waals surface area contributed by atoms with E-state index in [0.29, 0.717) is 11.3 Å². The van der Waals surface area contributed by atoms with Gasteiger partial charge in [-0.15, -0.1) is 0 Å². The van der Waals surface area contributed by atoms with Gasteiger partial charge in [-0.3, -0.25) is 14.6 Å². The summed E-state index contributed by atoms with van der Waals surface area (Å²) in [5.41, 5.74) is 1.03. The molecule has 20 heavy (non-hydrogen) atoms. The fraction of sp³-hybridized carbons (Fsp3) is 0.214. The van der Waals surface area contributed by atoms with E-state index in [1.165, 1.54) is 13.1 Å². The molecular formula is C14H14N2O4. The number of aromatic nitrogens is 1. The van der Waals surface area contributed by atoms with Crippen LogP contribution in [-0.2, 0) is 4.79 Å². The van der Waals surface area contributed by atoms with Crippen molar-refractivity contribution < 1.29 is 19.4 Å². The number of carbonyl (C=O) groups is 2. The third-order valence-electron chi connectivity index (χ3n) is 2.87. The number of carboxylic acid groups (broad SMARTS) is 1. The lowest BCUT2D eigenvalue weighted by atomic mass is 10.1. The summed E-state index contributed by atoms with van der Waals surface area (Å²) in [6.07, 6.45) is 1.42. The molecule has 0 saturated carbocycles. The van der Waals surface area contributed by atoms with Crippen molar-refractivity contribution in [1.82, 2.24) is 10.3 Å². The van der Waals surface area contributed by atoms with Crippen molar-refractivity contribution in [2.24, 2.45) is 0 Å². The molecule has 0 radical (unpaired) electrons. The molecule has 104 valence electrons. The fourth-order valence-electron chi connectivity index (χ4n) is 1.70. The van der Waals surface area contributed by atoms with E-state index in [9.17, 15) is 9.59 Å². The van der Waals surface area contributed by atoms with Gasteiger partial charge >= 0.3 is 5.97 Å².